The number of aromatic nitrogens is 4. The van der Waals surface area contributed by atoms with Crippen LogP contribution in [0.25, 0.3) is 22.5 Å². The van der Waals surface area contributed by atoms with E-state index in [1.165, 1.54) is 0 Å². The van der Waals surface area contributed by atoms with Crippen molar-refractivity contribution in [3.05, 3.63) is 65.5 Å². The average molecular weight is 579 g/mol. The number of ether oxygens (including phenoxy) is 3. The summed E-state index contributed by atoms with van der Waals surface area (Å²) in [6.07, 6.45) is 1.05. The van der Waals surface area contributed by atoms with Gasteiger partial charge in [0.05, 0.1) is 18.0 Å². The number of H-pyrrole nitrogens is 1. The fraction of sp³-hybridized carbons (Fsp3) is 0.433. The minimum Gasteiger partial charge on any atom is -0.431 e. The molecular formula is C30H38N6O6. The molecule has 3 N–H and O–H groups in total. The standard InChI is InChI=1S/C30H38N6O6/c1-6-7-12-24-31-26(30(4,5)39)25(28(37)40-18-41-29(38)42-19(2)3)36(24)17-20-13-15-21(16-14-20)22-10-8-9-11-23(22)27-32-34-35-33-27/h8-11,13-16,19,24,31,39H,6-7,12,17-18H2,1-5H3,(H,32,33,34,35). The summed E-state index contributed by atoms with van der Waals surface area (Å²) in [6.45, 7) is 8.43. The third-order valence-electron chi connectivity index (χ3n) is 6.68. The first kappa shape index (κ1) is 30.5. The Kier molecular flexibility index (Phi) is 9.79. The Labute approximate surface area is 245 Å². The van der Waals surface area contributed by atoms with Crippen LogP contribution in [0, 0.1) is 0 Å². The Morgan fingerprint density at radius 1 is 1.07 bits per heavy atom. The van der Waals surface area contributed by atoms with Gasteiger partial charge in [0.1, 0.15) is 11.3 Å². The number of esters is 1. The number of nitrogens with one attached hydrogen (secondary N) is 2. The molecule has 4 rings (SSSR count). The molecule has 0 fully saturated rings. The van der Waals surface area contributed by atoms with Gasteiger partial charge in [0.15, 0.2) is 0 Å². The van der Waals surface area contributed by atoms with E-state index in [4.69, 9.17) is 14.2 Å². The average Bonchev–Trinajstić information content (AvgIpc) is 3.61. The van der Waals surface area contributed by atoms with Crippen molar-refractivity contribution in [3.8, 4) is 22.5 Å². The first-order chi connectivity index (χ1) is 20.1. The van der Waals surface area contributed by atoms with E-state index in [2.05, 4.69) is 32.9 Å². The van der Waals surface area contributed by atoms with Gasteiger partial charge in [0.2, 0.25) is 12.6 Å². The van der Waals surface area contributed by atoms with Crippen LogP contribution in [-0.4, -0.2) is 67.4 Å². The normalized spacial score (nSPS) is 15.1. The van der Waals surface area contributed by atoms with E-state index in [1.54, 1.807) is 27.7 Å². The molecule has 3 aromatic rings. The maximum Gasteiger partial charge on any atom is 0.511 e. The number of nitrogens with zero attached hydrogens (tertiary/aromatic N) is 4. The Morgan fingerprint density at radius 2 is 1.79 bits per heavy atom. The van der Waals surface area contributed by atoms with Gasteiger partial charge in [-0.2, -0.15) is 5.21 Å². The largest absolute Gasteiger partial charge is 0.511 e. The van der Waals surface area contributed by atoms with Crippen LogP contribution in [-0.2, 0) is 25.5 Å². The highest BCUT2D eigenvalue weighted by molar-refractivity contribution is 5.89. The summed E-state index contributed by atoms with van der Waals surface area (Å²) in [6, 6.07) is 15.8. The molecule has 2 aromatic carbocycles. The molecule has 0 amide bonds. The summed E-state index contributed by atoms with van der Waals surface area (Å²) < 4.78 is 15.1. The lowest BCUT2D eigenvalue weighted by molar-refractivity contribution is -0.151. The van der Waals surface area contributed by atoms with Crippen molar-refractivity contribution in [3.63, 3.8) is 0 Å². The molecule has 0 radical (unpaired) electrons. The lowest BCUT2D eigenvalue weighted by Crippen LogP contribution is -2.39. The molecule has 0 aliphatic carbocycles. The summed E-state index contributed by atoms with van der Waals surface area (Å²) in [7, 11) is 0. The monoisotopic (exact) mass is 578 g/mol. The van der Waals surface area contributed by atoms with Crippen molar-refractivity contribution in [1.82, 2.24) is 30.8 Å². The fourth-order valence-corrected chi connectivity index (χ4v) is 4.73. The zero-order chi connectivity index (χ0) is 30.3. The van der Waals surface area contributed by atoms with Crippen LogP contribution in [0.3, 0.4) is 0 Å². The highest BCUT2D eigenvalue weighted by Gasteiger charge is 2.41. The quantitative estimate of drug-likeness (QED) is 0.206. The maximum absolute atomic E-state index is 13.4. The molecule has 2 heterocycles. The summed E-state index contributed by atoms with van der Waals surface area (Å²) in [5.74, 6) is -0.216. The van der Waals surface area contributed by atoms with Crippen LogP contribution < -0.4 is 5.32 Å². The summed E-state index contributed by atoms with van der Waals surface area (Å²) >= 11 is 0. The van der Waals surface area contributed by atoms with E-state index in [9.17, 15) is 14.7 Å². The second kappa shape index (κ2) is 13.5. The molecule has 12 nitrogen and oxygen atoms in total. The van der Waals surface area contributed by atoms with Gasteiger partial charge in [-0.05, 0) is 62.4 Å². The highest BCUT2D eigenvalue weighted by atomic mass is 16.8. The van der Waals surface area contributed by atoms with Crippen molar-refractivity contribution in [2.24, 2.45) is 0 Å². The number of rotatable bonds is 12. The first-order valence-electron chi connectivity index (χ1n) is 14.0. The Bertz CT molecular complexity index is 1380. The topological polar surface area (TPSA) is 152 Å². The predicted molar refractivity (Wildman–Crippen MR) is 154 cm³/mol. The molecule has 1 aliphatic heterocycles. The number of hydrogen-bond acceptors (Lipinski definition) is 11. The van der Waals surface area contributed by atoms with E-state index < -0.39 is 24.5 Å². The van der Waals surface area contributed by atoms with Gasteiger partial charge in [-0.3, -0.25) is 0 Å². The lowest BCUT2D eigenvalue weighted by atomic mass is 9.98. The van der Waals surface area contributed by atoms with Crippen molar-refractivity contribution >= 4 is 12.1 Å². The number of carbonyl (C=O) groups excluding carboxylic acids is 2. The molecular weight excluding hydrogens is 540 g/mol. The second-order valence-corrected chi connectivity index (χ2v) is 10.8. The van der Waals surface area contributed by atoms with E-state index in [1.807, 2.05) is 53.4 Å². The molecule has 42 heavy (non-hydrogen) atoms. The molecule has 1 aliphatic rings. The minimum atomic E-state index is -1.35. The van der Waals surface area contributed by atoms with Gasteiger partial charge in [0.25, 0.3) is 0 Å². The van der Waals surface area contributed by atoms with Crippen molar-refractivity contribution in [2.45, 2.75) is 78.3 Å². The van der Waals surface area contributed by atoms with E-state index in [-0.39, 0.29) is 18.0 Å². The van der Waals surface area contributed by atoms with Crippen LogP contribution >= 0.6 is 0 Å². The third-order valence-corrected chi connectivity index (χ3v) is 6.68. The zero-order valence-electron chi connectivity index (χ0n) is 24.6. The highest BCUT2D eigenvalue weighted by Crippen LogP contribution is 2.34. The van der Waals surface area contributed by atoms with Crippen LogP contribution in [0.1, 0.15) is 59.4 Å². The molecule has 1 aromatic heterocycles. The number of aliphatic hydroxyl groups is 1. The van der Waals surface area contributed by atoms with Crippen LogP contribution in [0.5, 0.6) is 0 Å². The van der Waals surface area contributed by atoms with Gasteiger partial charge >= 0.3 is 12.1 Å². The summed E-state index contributed by atoms with van der Waals surface area (Å²) in [5.41, 5.74) is 2.91. The van der Waals surface area contributed by atoms with E-state index in [0.717, 1.165) is 41.5 Å². The second-order valence-electron chi connectivity index (χ2n) is 10.8. The van der Waals surface area contributed by atoms with Gasteiger partial charge in [0, 0.05) is 12.1 Å². The van der Waals surface area contributed by atoms with Gasteiger partial charge in [-0.1, -0.05) is 61.9 Å². The van der Waals surface area contributed by atoms with E-state index >= 15 is 0 Å². The maximum atomic E-state index is 13.4. The van der Waals surface area contributed by atoms with Crippen molar-refractivity contribution in [1.29, 1.82) is 0 Å². The van der Waals surface area contributed by atoms with Crippen LogP contribution in [0.2, 0.25) is 0 Å². The molecule has 1 atom stereocenters. The van der Waals surface area contributed by atoms with Gasteiger partial charge < -0.3 is 29.5 Å². The third kappa shape index (κ3) is 7.43. The Morgan fingerprint density at radius 3 is 2.40 bits per heavy atom. The van der Waals surface area contributed by atoms with Crippen LogP contribution in [0.15, 0.2) is 59.9 Å². The molecule has 0 saturated carbocycles. The SMILES string of the molecule is CCCCC1NC(C(C)(C)O)=C(C(=O)OCOC(=O)OC(C)C)N1Cc1ccc(-c2ccccc2-c2nn[nH]n2)cc1. The van der Waals surface area contributed by atoms with E-state index in [0.29, 0.717) is 18.1 Å². The van der Waals surface area contributed by atoms with Gasteiger partial charge in [-0.15, -0.1) is 10.2 Å². The number of hydrogen-bond donors (Lipinski definition) is 3. The fourth-order valence-electron chi connectivity index (χ4n) is 4.73. The minimum absolute atomic E-state index is 0.191. The first-order valence-corrected chi connectivity index (χ1v) is 14.0. The van der Waals surface area contributed by atoms with Crippen molar-refractivity contribution < 1.29 is 28.9 Å². The molecule has 1 unspecified atom stereocenters. The number of carbonyl (C=O) groups is 2. The smallest absolute Gasteiger partial charge is 0.431 e. The summed E-state index contributed by atoms with van der Waals surface area (Å²) in [4.78, 5) is 27.0. The molecule has 0 saturated heterocycles. The predicted octanol–water partition coefficient (Wildman–Crippen LogP) is 4.50. The van der Waals surface area contributed by atoms with Crippen LogP contribution in [0.4, 0.5) is 4.79 Å². The zero-order valence-corrected chi connectivity index (χ0v) is 24.6. The number of unbranched alkanes of at least 4 members (excludes halogenated alkanes) is 1. The number of tetrazole rings is 1. The lowest BCUT2D eigenvalue weighted by Gasteiger charge is -2.28. The molecule has 12 heteroatoms. The number of benzene rings is 2. The Hall–Kier alpha value is -4.45. The summed E-state index contributed by atoms with van der Waals surface area (Å²) in [5, 5.41) is 28.7. The molecule has 224 valence electrons. The Balaban J connectivity index is 1.58. The van der Waals surface area contributed by atoms with Crippen molar-refractivity contribution in [2.75, 3.05) is 6.79 Å². The molecule has 0 bridgehead atoms. The number of aromatic amines is 1. The molecule has 0 spiro atoms. The van der Waals surface area contributed by atoms with Gasteiger partial charge in [-0.25, -0.2) is 9.59 Å².